The van der Waals surface area contributed by atoms with E-state index in [2.05, 4.69) is 10.3 Å². The Morgan fingerprint density at radius 3 is 2.84 bits per heavy atom. The van der Waals surface area contributed by atoms with E-state index in [0.717, 1.165) is 21.8 Å². The predicted molar refractivity (Wildman–Crippen MR) is 94.5 cm³/mol. The monoisotopic (exact) mass is 354 g/mol. The van der Waals surface area contributed by atoms with Crippen molar-refractivity contribution in [2.24, 2.45) is 0 Å². The first-order valence-corrected chi connectivity index (χ1v) is 8.73. The highest BCUT2D eigenvalue weighted by Gasteiger charge is 2.29. The van der Waals surface area contributed by atoms with Crippen molar-refractivity contribution in [2.75, 3.05) is 5.32 Å². The molecule has 0 saturated heterocycles. The lowest BCUT2D eigenvalue weighted by molar-refractivity contribution is -0.122. The zero-order chi connectivity index (χ0) is 17.2. The van der Waals surface area contributed by atoms with E-state index >= 15 is 0 Å². The summed E-state index contributed by atoms with van der Waals surface area (Å²) in [5.41, 5.74) is 2.04. The number of halogens is 1. The highest BCUT2D eigenvalue weighted by Crippen LogP contribution is 2.29. The molecule has 4 rings (SSSR count). The Morgan fingerprint density at radius 2 is 2.04 bits per heavy atom. The average Bonchev–Trinajstić information content (AvgIpc) is 3.23. The van der Waals surface area contributed by atoms with Crippen LogP contribution < -0.4 is 10.1 Å². The molecule has 4 nitrogen and oxygen atoms in total. The molecular formula is C19H15FN2O2S. The van der Waals surface area contributed by atoms with Gasteiger partial charge in [-0.15, -0.1) is 11.3 Å². The number of nitrogens with zero attached hydrogens (tertiary/aromatic N) is 1. The summed E-state index contributed by atoms with van der Waals surface area (Å²) in [6.07, 6.45) is 2.42. The summed E-state index contributed by atoms with van der Waals surface area (Å²) < 4.78 is 18.6. The smallest absolute Gasteiger partial charge is 0.267 e. The second-order valence-corrected chi connectivity index (χ2v) is 6.96. The maximum atomic E-state index is 13.0. The Bertz CT molecular complexity index is 883. The highest BCUT2D eigenvalue weighted by molar-refractivity contribution is 7.15. The van der Waals surface area contributed by atoms with Crippen molar-refractivity contribution in [3.8, 4) is 5.75 Å². The van der Waals surface area contributed by atoms with Gasteiger partial charge in [0, 0.05) is 23.9 Å². The molecule has 2 heterocycles. The molecule has 6 heteroatoms. The van der Waals surface area contributed by atoms with E-state index in [-0.39, 0.29) is 11.7 Å². The number of hydrogen-bond acceptors (Lipinski definition) is 4. The van der Waals surface area contributed by atoms with Gasteiger partial charge in [-0.05, 0) is 29.3 Å². The molecule has 0 bridgehead atoms. The Balaban J connectivity index is 1.38. The number of thiazole rings is 1. The molecule has 126 valence electrons. The molecule has 0 fully saturated rings. The van der Waals surface area contributed by atoms with Gasteiger partial charge >= 0.3 is 0 Å². The maximum absolute atomic E-state index is 13.0. The van der Waals surface area contributed by atoms with Crippen LogP contribution in [0.1, 0.15) is 16.0 Å². The van der Waals surface area contributed by atoms with Crippen molar-refractivity contribution in [2.45, 2.75) is 18.9 Å². The van der Waals surface area contributed by atoms with Crippen LogP contribution in [0.15, 0.2) is 54.7 Å². The van der Waals surface area contributed by atoms with Crippen molar-refractivity contribution in [1.82, 2.24) is 4.98 Å². The highest BCUT2D eigenvalue weighted by atomic mass is 32.1. The lowest BCUT2D eigenvalue weighted by atomic mass is 10.1. The van der Waals surface area contributed by atoms with Gasteiger partial charge in [0.15, 0.2) is 11.2 Å². The third-order valence-corrected chi connectivity index (χ3v) is 4.93. The fraction of sp³-hybridized carbons (Fsp3) is 0.158. The molecule has 1 aromatic heterocycles. The number of carbonyl (C=O) groups excluding carboxylic acids is 1. The molecule has 1 N–H and O–H groups in total. The summed E-state index contributed by atoms with van der Waals surface area (Å²) in [6, 6.07) is 14.0. The number of carbonyl (C=O) groups is 1. The summed E-state index contributed by atoms with van der Waals surface area (Å²) in [7, 11) is 0. The van der Waals surface area contributed by atoms with E-state index in [9.17, 15) is 9.18 Å². The number of ether oxygens (including phenoxy) is 1. The van der Waals surface area contributed by atoms with Gasteiger partial charge in [-0.3, -0.25) is 10.1 Å². The number of anilines is 1. The quantitative estimate of drug-likeness (QED) is 0.775. The molecule has 3 aromatic rings. The van der Waals surface area contributed by atoms with Crippen LogP contribution in [0.5, 0.6) is 5.75 Å². The topological polar surface area (TPSA) is 51.2 Å². The number of fused-ring (bicyclic) bond motifs is 1. The summed E-state index contributed by atoms with van der Waals surface area (Å²) in [5, 5.41) is 3.36. The van der Waals surface area contributed by atoms with Crippen LogP contribution in [0.4, 0.5) is 9.52 Å². The molecule has 0 aliphatic carbocycles. The number of aromatic nitrogens is 1. The summed E-state index contributed by atoms with van der Waals surface area (Å²) in [5.74, 6) is 0.316. The third-order valence-electron chi connectivity index (χ3n) is 4.01. The molecular weight excluding hydrogens is 339 g/mol. The standard InChI is InChI=1S/C19H15FN2O2S/c20-14-7-5-12(6-8-14)9-15-11-21-19(25-15)22-18(23)17-10-13-3-1-2-4-16(13)24-17/h1-8,11,17H,9-10H2,(H,21,22,23). The van der Waals surface area contributed by atoms with Crippen LogP contribution >= 0.6 is 11.3 Å². The van der Waals surface area contributed by atoms with E-state index in [1.165, 1.54) is 23.5 Å². The SMILES string of the molecule is O=C(Nc1ncc(Cc2ccc(F)cc2)s1)C1Cc2ccccc2O1. The summed E-state index contributed by atoms with van der Waals surface area (Å²) >= 11 is 1.41. The molecule has 1 amide bonds. The van der Waals surface area contributed by atoms with Crippen LogP contribution in [0.3, 0.4) is 0 Å². The van der Waals surface area contributed by atoms with Crippen molar-refractivity contribution in [1.29, 1.82) is 0 Å². The first-order valence-electron chi connectivity index (χ1n) is 7.92. The number of para-hydroxylation sites is 1. The van der Waals surface area contributed by atoms with Gasteiger partial charge in [0.25, 0.3) is 5.91 Å². The number of hydrogen-bond donors (Lipinski definition) is 1. The van der Waals surface area contributed by atoms with Gasteiger partial charge in [0.2, 0.25) is 0 Å². The second kappa shape index (κ2) is 6.64. The van der Waals surface area contributed by atoms with E-state index < -0.39 is 6.10 Å². The van der Waals surface area contributed by atoms with Gasteiger partial charge in [-0.1, -0.05) is 30.3 Å². The second-order valence-electron chi connectivity index (χ2n) is 5.84. The molecule has 1 aliphatic rings. The van der Waals surface area contributed by atoms with E-state index in [4.69, 9.17) is 4.74 Å². The Hall–Kier alpha value is -2.73. The molecule has 1 unspecified atom stereocenters. The van der Waals surface area contributed by atoms with Gasteiger partial charge in [0.05, 0.1) is 0 Å². The number of rotatable bonds is 4. The van der Waals surface area contributed by atoms with Gasteiger partial charge in [0.1, 0.15) is 11.6 Å². The molecule has 0 spiro atoms. The Labute approximate surface area is 148 Å². The van der Waals surface area contributed by atoms with Crippen LogP contribution in [0.2, 0.25) is 0 Å². The largest absolute Gasteiger partial charge is 0.480 e. The van der Waals surface area contributed by atoms with E-state index in [1.807, 2.05) is 24.3 Å². The summed E-state index contributed by atoms with van der Waals surface area (Å²) in [6.45, 7) is 0. The fourth-order valence-corrected chi connectivity index (χ4v) is 3.61. The van der Waals surface area contributed by atoms with E-state index in [1.54, 1.807) is 18.3 Å². The minimum Gasteiger partial charge on any atom is -0.480 e. The maximum Gasteiger partial charge on any atom is 0.267 e. The zero-order valence-corrected chi connectivity index (χ0v) is 14.1. The van der Waals surface area contributed by atoms with Crippen LogP contribution in [0.25, 0.3) is 0 Å². The lowest BCUT2D eigenvalue weighted by Gasteiger charge is -2.09. The zero-order valence-electron chi connectivity index (χ0n) is 13.2. The van der Waals surface area contributed by atoms with Crippen LogP contribution in [-0.4, -0.2) is 17.0 Å². The molecule has 0 radical (unpaired) electrons. The van der Waals surface area contributed by atoms with Gasteiger partial charge < -0.3 is 4.74 Å². The number of benzene rings is 2. The van der Waals surface area contributed by atoms with Crippen LogP contribution in [0, 0.1) is 5.82 Å². The Kier molecular flexibility index (Phi) is 4.19. The normalized spacial score (nSPS) is 15.5. The third kappa shape index (κ3) is 3.53. The average molecular weight is 354 g/mol. The molecule has 1 aliphatic heterocycles. The van der Waals surface area contributed by atoms with Crippen molar-refractivity contribution < 1.29 is 13.9 Å². The van der Waals surface area contributed by atoms with E-state index in [0.29, 0.717) is 18.0 Å². The number of nitrogens with one attached hydrogen (secondary N) is 1. The molecule has 2 aromatic carbocycles. The Morgan fingerprint density at radius 1 is 1.24 bits per heavy atom. The molecule has 0 saturated carbocycles. The van der Waals surface area contributed by atoms with Gasteiger partial charge in [-0.25, -0.2) is 9.37 Å². The minimum atomic E-state index is -0.526. The molecule has 25 heavy (non-hydrogen) atoms. The minimum absolute atomic E-state index is 0.195. The van der Waals surface area contributed by atoms with Crippen molar-refractivity contribution in [3.63, 3.8) is 0 Å². The summed E-state index contributed by atoms with van der Waals surface area (Å²) in [4.78, 5) is 17.6. The van der Waals surface area contributed by atoms with Crippen LogP contribution in [-0.2, 0) is 17.6 Å². The molecule has 1 atom stereocenters. The first-order chi connectivity index (χ1) is 12.2. The lowest BCUT2D eigenvalue weighted by Crippen LogP contribution is -2.31. The first kappa shape index (κ1) is 15.8. The van der Waals surface area contributed by atoms with Crippen molar-refractivity contribution in [3.05, 3.63) is 76.5 Å². The number of amides is 1. The predicted octanol–water partition coefficient (Wildman–Crippen LogP) is 3.82. The fourth-order valence-electron chi connectivity index (χ4n) is 2.76. The van der Waals surface area contributed by atoms with Crippen molar-refractivity contribution >= 4 is 22.4 Å². The van der Waals surface area contributed by atoms with Gasteiger partial charge in [-0.2, -0.15) is 0 Å².